The Balaban J connectivity index is 1.49. The first-order valence-corrected chi connectivity index (χ1v) is 10.6. The second kappa shape index (κ2) is 9.05. The number of halogens is 3. The van der Waals surface area contributed by atoms with Gasteiger partial charge in [-0.05, 0) is 26.7 Å². The molecule has 11 heteroatoms. The zero-order chi connectivity index (χ0) is 22.8. The van der Waals surface area contributed by atoms with Crippen molar-refractivity contribution >= 4 is 12.0 Å². The molecule has 0 aliphatic carbocycles. The summed E-state index contributed by atoms with van der Waals surface area (Å²) >= 11 is 0. The maximum absolute atomic E-state index is 12.6. The van der Waals surface area contributed by atoms with E-state index < -0.39 is 18.4 Å². The Bertz CT molecular complexity index is 802. The minimum Gasteiger partial charge on any atom is -0.437 e. The molecule has 8 nitrogen and oxygen atoms in total. The molecule has 0 spiro atoms. The van der Waals surface area contributed by atoms with Crippen LogP contribution in [0.1, 0.15) is 51.6 Å². The van der Waals surface area contributed by atoms with E-state index in [1.807, 2.05) is 24.9 Å². The zero-order valence-electron chi connectivity index (χ0n) is 18.2. The van der Waals surface area contributed by atoms with Gasteiger partial charge in [0, 0.05) is 50.9 Å². The summed E-state index contributed by atoms with van der Waals surface area (Å²) < 4.78 is 44.4. The third kappa shape index (κ3) is 5.69. The van der Waals surface area contributed by atoms with Gasteiger partial charge in [-0.15, -0.1) is 0 Å². The molecule has 2 aliphatic rings. The number of rotatable bonds is 5. The molecule has 1 fully saturated rings. The maximum atomic E-state index is 12.6. The Morgan fingerprint density at radius 2 is 1.90 bits per heavy atom. The highest BCUT2D eigenvalue weighted by molar-refractivity contribution is 5.75. The van der Waals surface area contributed by atoms with Crippen molar-refractivity contribution in [2.75, 3.05) is 19.6 Å². The third-order valence-corrected chi connectivity index (χ3v) is 6.07. The normalized spacial score (nSPS) is 19.7. The van der Waals surface area contributed by atoms with Crippen LogP contribution in [0.25, 0.3) is 0 Å². The maximum Gasteiger partial charge on any atom is 0.425 e. The van der Waals surface area contributed by atoms with Crippen molar-refractivity contribution in [3.8, 4) is 0 Å². The molecule has 1 atom stereocenters. The largest absolute Gasteiger partial charge is 0.437 e. The molecule has 174 valence electrons. The Morgan fingerprint density at radius 1 is 1.23 bits per heavy atom. The fourth-order valence-electron chi connectivity index (χ4n) is 3.79. The first kappa shape index (κ1) is 23.4. The van der Waals surface area contributed by atoms with Gasteiger partial charge in [0.1, 0.15) is 5.82 Å². The number of fused-ring (bicyclic) bond motifs is 1. The van der Waals surface area contributed by atoms with Crippen molar-refractivity contribution in [3.05, 3.63) is 17.7 Å². The molecule has 1 aromatic heterocycles. The number of carbonyl (C=O) groups excluding carboxylic acids is 2. The number of ether oxygens (including phenoxy) is 1. The SMILES string of the molecule is CCC(=O)N1CCn2cc(CNC3(C)CCN(C(=O)OC(C)C(F)(F)F)CC3)nc2C1. The van der Waals surface area contributed by atoms with Gasteiger partial charge in [-0.1, -0.05) is 6.92 Å². The summed E-state index contributed by atoms with van der Waals surface area (Å²) in [6.07, 6.45) is -3.96. The lowest BCUT2D eigenvalue weighted by molar-refractivity contribution is -0.200. The summed E-state index contributed by atoms with van der Waals surface area (Å²) in [6, 6.07) is 0. The Hall–Kier alpha value is -2.30. The topological polar surface area (TPSA) is 79.7 Å². The van der Waals surface area contributed by atoms with Crippen LogP contribution in [0.2, 0.25) is 0 Å². The molecule has 31 heavy (non-hydrogen) atoms. The first-order valence-electron chi connectivity index (χ1n) is 10.6. The Morgan fingerprint density at radius 3 is 2.52 bits per heavy atom. The number of likely N-dealkylation sites (tertiary alicyclic amines) is 1. The number of hydrogen-bond acceptors (Lipinski definition) is 5. The lowest BCUT2D eigenvalue weighted by Crippen LogP contribution is -2.53. The van der Waals surface area contributed by atoms with Crippen LogP contribution >= 0.6 is 0 Å². The van der Waals surface area contributed by atoms with Gasteiger partial charge < -0.3 is 24.4 Å². The van der Waals surface area contributed by atoms with Crippen molar-refractivity contribution < 1.29 is 27.5 Å². The van der Waals surface area contributed by atoms with Gasteiger partial charge >= 0.3 is 12.3 Å². The summed E-state index contributed by atoms with van der Waals surface area (Å²) in [6.45, 7) is 7.80. The lowest BCUT2D eigenvalue weighted by Gasteiger charge is -2.39. The van der Waals surface area contributed by atoms with Crippen molar-refractivity contribution in [1.82, 2.24) is 24.7 Å². The summed E-state index contributed by atoms with van der Waals surface area (Å²) in [5.41, 5.74) is 0.615. The average Bonchev–Trinajstić information content (AvgIpc) is 3.13. The van der Waals surface area contributed by atoms with Gasteiger partial charge in [0.15, 0.2) is 6.10 Å². The highest BCUT2D eigenvalue weighted by Crippen LogP contribution is 2.26. The van der Waals surface area contributed by atoms with Gasteiger partial charge in [-0.25, -0.2) is 9.78 Å². The molecule has 1 saturated heterocycles. The molecule has 2 aliphatic heterocycles. The summed E-state index contributed by atoms with van der Waals surface area (Å²) in [7, 11) is 0. The molecule has 2 amide bonds. The number of aromatic nitrogens is 2. The highest BCUT2D eigenvalue weighted by Gasteiger charge is 2.41. The van der Waals surface area contributed by atoms with Crippen LogP contribution < -0.4 is 5.32 Å². The number of nitrogens with zero attached hydrogens (tertiary/aromatic N) is 4. The fraction of sp³-hybridized carbons (Fsp3) is 0.750. The molecule has 0 saturated carbocycles. The van der Waals surface area contributed by atoms with Crippen LogP contribution in [-0.2, 0) is 29.2 Å². The number of piperidine rings is 1. The van der Waals surface area contributed by atoms with Gasteiger partial charge in [-0.3, -0.25) is 4.79 Å². The van der Waals surface area contributed by atoms with Crippen LogP contribution in [0.4, 0.5) is 18.0 Å². The summed E-state index contributed by atoms with van der Waals surface area (Å²) in [5.74, 6) is 0.989. The molecule has 0 aromatic carbocycles. The van der Waals surface area contributed by atoms with Crippen molar-refractivity contribution in [1.29, 1.82) is 0 Å². The van der Waals surface area contributed by atoms with Crippen molar-refractivity contribution in [3.63, 3.8) is 0 Å². The van der Waals surface area contributed by atoms with E-state index in [0.29, 0.717) is 52.0 Å². The zero-order valence-corrected chi connectivity index (χ0v) is 18.2. The highest BCUT2D eigenvalue weighted by atomic mass is 19.4. The van der Waals surface area contributed by atoms with Crippen LogP contribution in [0.15, 0.2) is 6.20 Å². The van der Waals surface area contributed by atoms with Gasteiger partial charge in [-0.2, -0.15) is 13.2 Å². The molecule has 3 heterocycles. The van der Waals surface area contributed by atoms with E-state index in [4.69, 9.17) is 0 Å². The predicted octanol–water partition coefficient (Wildman–Crippen LogP) is 2.67. The van der Waals surface area contributed by atoms with E-state index in [1.54, 1.807) is 0 Å². The number of carbonyl (C=O) groups is 2. The second-order valence-corrected chi connectivity index (χ2v) is 8.48. The number of hydrogen-bond donors (Lipinski definition) is 1. The second-order valence-electron chi connectivity index (χ2n) is 8.48. The molecule has 0 radical (unpaired) electrons. The average molecular weight is 445 g/mol. The molecule has 1 N–H and O–H groups in total. The van der Waals surface area contributed by atoms with Gasteiger partial charge in [0.25, 0.3) is 0 Å². The standard InChI is InChI=1S/C20H30F3N5O3/c1-4-17(29)28-10-9-27-12-15(25-16(27)13-28)11-24-19(3)5-7-26(8-6-19)18(30)31-14(2)20(21,22)23/h12,14,24H,4-11,13H2,1-3H3. The number of amides is 2. The van der Waals surface area contributed by atoms with Crippen LogP contribution in [0, 0.1) is 0 Å². The summed E-state index contributed by atoms with van der Waals surface area (Å²) in [5, 5.41) is 3.48. The van der Waals surface area contributed by atoms with Crippen LogP contribution in [0.3, 0.4) is 0 Å². The Kier molecular flexibility index (Phi) is 6.82. The fourth-order valence-corrected chi connectivity index (χ4v) is 3.79. The first-order chi connectivity index (χ1) is 14.5. The molecule has 1 aromatic rings. The van der Waals surface area contributed by atoms with Gasteiger partial charge in [0.2, 0.25) is 5.91 Å². The number of nitrogens with one attached hydrogen (secondary N) is 1. The molecule has 3 rings (SSSR count). The third-order valence-electron chi connectivity index (χ3n) is 6.07. The van der Waals surface area contributed by atoms with E-state index in [0.717, 1.165) is 25.0 Å². The summed E-state index contributed by atoms with van der Waals surface area (Å²) in [4.78, 5) is 31.7. The molecule has 0 bridgehead atoms. The van der Waals surface area contributed by atoms with E-state index in [2.05, 4.69) is 19.6 Å². The minimum absolute atomic E-state index is 0.122. The van der Waals surface area contributed by atoms with E-state index in [9.17, 15) is 22.8 Å². The predicted molar refractivity (Wildman–Crippen MR) is 106 cm³/mol. The van der Waals surface area contributed by atoms with E-state index >= 15 is 0 Å². The minimum atomic E-state index is -4.56. The van der Waals surface area contributed by atoms with E-state index in [-0.39, 0.29) is 11.4 Å². The van der Waals surface area contributed by atoms with Crippen LogP contribution in [0.5, 0.6) is 0 Å². The molecular formula is C20H30F3N5O3. The monoisotopic (exact) mass is 445 g/mol. The molecular weight excluding hydrogens is 415 g/mol. The smallest absolute Gasteiger partial charge is 0.425 e. The number of alkyl halides is 3. The number of imidazole rings is 1. The Labute approximate surface area is 179 Å². The van der Waals surface area contributed by atoms with Crippen molar-refractivity contribution in [2.24, 2.45) is 0 Å². The quantitative estimate of drug-likeness (QED) is 0.754. The van der Waals surface area contributed by atoms with E-state index in [1.165, 1.54) is 4.90 Å². The van der Waals surface area contributed by atoms with Crippen LogP contribution in [-0.4, -0.2) is 68.8 Å². The van der Waals surface area contributed by atoms with Gasteiger partial charge in [0.05, 0.1) is 12.2 Å². The molecule has 1 unspecified atom stereocenters. The lowest BCUT2D eigenvalue weighted by atomic mass is 9.89. The van der Waals surface area contributed by atoms with Crippen molar-refractivity contribution in [2.45, 2.75) is 77.5 Å².